The largest absolute Gasteiger partial charge is 0.476 e. The molecule has 0 radical (unpaired) electrons. The van der Waals surface area contributed by atoms with Gasteiger partial charge in [-0.15, -0.1) is 0 Å². The van der Waals surface area contributed by atoms with Crippen molar-refractivity contribution < 1.29 is 4.74 Å². The molecule has 0 spiro atoms. The van der Waals surface area contributed by atoms with Crippen LogP contribution in [0.1, 0.15) is 11.1 Å². The lowest BCUT2D eigenvalue weighted by Gasteiger charge is -2.35. The summed E-state index contributed by atoms with van der Waals surface area (Å²) in [5.41, 5.74) is 2.54. The summed E-state index contributed by atoms with van der Waals surface area (Å²) in [6, 6.07) is 15.0. The number of nitrogens with one attached hydrogen (secondary N) is 1. The van der Waals surface area contributed by atoms with Gasteiger partial charge in [0.25, 0.3) is 0 Å². The van der Waals surface area contributed by atoms with E-state index in [4.69, 9.17) is 9.72 Å². The number of piperazine rings is 1. The maximum absolute atomic E-state index is 5.77. The van der Waals surface area contributed by atoms with Crippen LogP contribution in [0.2, 0.25) is 0 Å². The summed E-state index contributed by atoms with van der Waals surface area (Å²) < 4.78 is 5.77. The highest BCUT2D eigenvalue weighted by Gasteiger charge is 2.20. The summed E-state index contributed by atoms with van der Waals surface area (Å²) in [6.45, 7) is 7.59. The molecule has 24 heavy (non-hydrogen) atoms. The van der Waals surface area contributed by atoms with Gasteiger partial charge in [0, 0.05) is 51.4 Å². The van der Waals surface area contributed by atoms with Crippen molar-refractivity contribution in [1.82, 2.24) is 15.2 Å². The minimum absolute atomic E-state index is 0.689. The molecule has 1 fully saturated rings. The molecule has 2 aliphatic heterocycles. The maximum atomic E-state index is 5.77. The molecule has 0 atom stereocenters. The predicted molar refractivity (Wildman–Crippen MR) is 95.4 cm³/mol. The number of fused-ring (bicyclic) bond motifs is 1. The summed E-state index contributed by atoms with van der Waals surface area (Å²) in [6.07, 6.45) is 0. The van der Waals surface area contributed by atoms with E-state index in [0.717, 1.165) is 63.1 Å². The van der Waals surface area contributed by atoms with Gasteiger partial charge >= 0.3 is 0 Å². The Bertz CT molecular complexity index is 668. The van der Waals surface area contributed by atoms with E-state index in [-0.39, 0.29) is 0 Å². The first-order valence-corrected chi connectivity index (χ1v) is 8.73. The van der Waals surface area contributed by atoms with Crippen molar-refractivity contribution in [3.8, 4) is 5.88 Å². The Kier molecular flexibility index (Phi) is 4.62. The van der Waals surface area contributed by atoms with E-state index in [9.17, 15) is 0 Å². The summed E-state index contributed by atoms with van der Waals surface area (Å²) in [5, 5.41) is 3.35. The second kappa shape index (κ2) is 7.20. The Balaban J connectivity index is 1.38. The first kappa shape index (κ1) is 15.4. The highest BCUT2D eigenvalue weighted by Crippen LogP contribution is 2.23. The Morgan fingerprint density at radius 2 is 1.83 bits per heavy atom. The number of hydrogen-bond acceptors (Lipinski definition) is 5. The minimum Gasteiger partial charge on any atom is -0.476 e. The van der Waals surface area contributed by atoms with Crippen molar-refractivity contribution in [2.45, 2.75) is 13.1 Å². The van der Waals surface area contributed by atoms with E-state index < -0.39 is 0 Å². The summed E-state index contributed by atoms with van der Waals surface area (Å²) in [4.78, 5) is 9.63. The Morgan fingerprint density at radius 1 is 1.00 bits per heavy atom. The Labute approximate surface area is 143 Å². The van der Waals surface area contributed by atoms with Crippen molar-refractivity contribution in [2.24, 2.45) is 0 Å². The van der Waals surface area contributed by atoms with Gasteiger partial charge in [-0.05, 0) is 17.7 Å². The third kappa shape index (κ3) is 3.52. The third-order valence-corrected chi connectivity index (χ3v) is 4.70. The minimum atomic E-state index is 0.689. The van der Waals surface area contributed by atoms with Gasteiger partial charge in [-0.3, -0.25) is 4.90 Å². The molecule has 1 saturated heterocycles. The van der Waals surface area contributed by atoms with Gasteiger partial charge in [0.1, 0.15) is 12.4 Å². The van der Waals surface area contributed by atoms with Crippen LogP contribution < -0.4 is 15.0 Å². The molecule has 1 aromatic carbocycles. The highest BCUT2D eigenvalue weighted by molar-refractivity contribution is 5.44. The monoisotopic (exact) mass is 324 g/mol. The van der Waals surface area contributed by atoms with Crippen LogP contribution in [0.25, 0.3) is 0 Å². The number of benzene rings is 1. The number of hydrogen-bond donors (Lipinski definition) is 1. The number of pyridine rings is 1. The lowest BCUT2D eigenvalue weighted by Crippen LogP contribution is -2.46. The van der Waals surface area contributed by atoms with Crippen molar-refractivity contribution in [2.75, 3.05) is 44.2 Å². The Morgan fingerprint density at radius 3 is 2.67 bits per heavy atom. The van der Waals surface area contributed by atoms with E-state index in [1.54, 1.807) is 0 Å². The van der Waals surface area contributed by atoms with E-state index in [1.807, 2.05) is 0 Å². The molecule has 1 aromatic heterocycles. The summed E-state index contributed by atoms with van der Waals surface area (Å²) >= 11 is 0. The van der Waals surface area contributed by atoms with Crippen LogP contribution in [0.15, 0.2) is 42.5 Å². The van der Waals surface area contributed by atoms with E-state index in [1.165, 1.54) is 5.56 Å². The van der Waals surface area contributed by atoms with Gasteiger partial charge in [-0.2, -0.15) is 4.98 Å². The number of rotatable bonds is 3. The van der Waals surface area contributed by atoms with Gasteiger partial charge in [0.15, 0.2) is 0 Å². The molecule has 5 nitrogen and oxygen atoms in total. The van der Waals surface area contributed by atoms with Crippen molar-refractivity contribution in [1.29, 1.82) is 0 Å². The standard InChI is InChI=1S/C19H24N4O/c1-2-4-16(5-3-1)15-22-9-11-23(12-10-22)18-7-6-17-14-20-8-13-24-19(17)21-18/h1-7,20H,8-15H2. The van der Waals surface area contributed by atoms with E-state index >= 15 is 0 Å². The number of nitrogens with zero attached hydrogens (tertiary/aromatic N) is 3. The van der Waals surface area contributed by atoms with Gasteiger partial charge in [0.2, 0.25) is 5.88 Å². The molecule has 0 aliphatic carbocycles. The van der Waals surface area contributed by atoms with Gasteiger partial charge in [-0.1, -0.05) is 30.3 Å². The fourth-order valence-corrected chi connectivity index (χ4v) is 3.31. The van der Waals surface area contributed by atoms with Gasteiger partial charge < -0.3 is 15.0 Å². The van der Waals surface area contributed by atoms with E-state index in [2.05, 4.69) is 57.6 Å². The maximum Gasteiger partial charge on any atom is 0.219 e. The zero-order valence-corrected chi connectivity index (χ0v) is 13.9. The lowest BCUT2D eigenvalue weighted by molar-refractivity contribution is 0.249. The molecular formula is C19H24N4O. The third-order valence-electron chi connectivity index (χ3n) is 4.70. The molecule has 1 N–H and O–H groups in total. The molecule has 3 heterocycles. The van der Waals surface area contributed by atoms with Gasteiger partial charge in [0.05, 0.1) is 0 Å². The first-order valence-electron chi connectivity index (χ1n) is 8.73. The van der Waals surface area contributed by atoms with Crippen molar-refractivity contribution >= 4 is 5.82 Å². The SMILES string of the molecule is c1ccc(CN2CCN(c3ccc4c(n3)OCCNC4)CC2)cc1. The second-order valence-electron chi connectivity index (χ2n) is 6.41. The second-order valence-corrected chi connectivity index (χ2v) is 6.41. The molecule has 0 amide bonds. The quantitative estimate of drug-likeness (QED) is 0.934. The highest BCUT2D eigenvalue weighted by atomic mass is 16.5. The average molecular weight is 324 g/mol. The molecule has 2 aromatic rings. The molecule has 126 valence electrons. The number of ether oxygens (including phenoxy) is 1. The molecule has 2 aliphatic rings. The predicted octanol–water partition coefficient (Wildman–Crippen LogP) is 1.89. The fraction of sp³-hybridized carbons (Fsp3) is 0.421. The number of anilines is 1. The van der Waals surface area contributed by atoms with Gasteiger partial charge in [-0.25, -0.2) is 0 Å². The number of aromatic nitrogens is 1. The topological polar surface area (TPSA) is 40.6 Å². The van der Waals surface area contributed by atoms with Crippen LogP contribution in [-0.2, 0) is 13.1 Å². The first-order chi connectivity index (χ1) is 11.9. The van der Waals surface area contributed by atoms with Crippen LogP contribution in [0.3, 0.4) is 0 Å². The van der Waals surface area contributed by atoms with Crippen LogP contribution in [0.5, 0.6) is 5.88 Å². The van der Waals surface area contributed by atoms with Crippen molar-refractivity contribution in [3.63, 3.8) is 0 Å². The summed E-state index contributed by atoms with van der Waals surface area (Å²) in [5.74, 6) is 1.83. The normalized spacial score (nSPS) is 18.6. The molecule has 0 saturated carbocycles. The van der Waals surface area contributed by atoms with Crippen LogP contribution in [0, 0.1) is 0 Å². The fourth-order valence-electron chi connectivity index (χ4n) is 3.31. The average Bonchev–Trinajstić information content (AvgIpc) is 2.88. The molecule has 0 bridgehead atoms. The van der Waals surface area contributed by atoms with E-state index in [0.29, 0.717) is 6.61 Å². The van der Waals surface area contributed by atoms with Crippen LogP contribution >= 0.6 is 0 Å². The smallest absolute Gasteiger partial charge is 0.219 e. The van der Waals surface area contributed by atoms with Crippen molar-refractivity contribution in [3.05, 3.63) is 53.6 Å². The molecule has 0 unspecified atom stereocenters. The van der Waals surface area contributed by atoms with Crippen LogP contribution in [-0.4, -0.2) is 49.2 Å². The summed E-state index contributed by atoms with van der Waals surface area (Å²) in [7, 11) is 0. The lowest BCUT2D eigenvalue weighted by atomic mass is 10.2. The molecule has 4 rings (SSSR count). The Hall–Kier alpha value is -2.11. The molecular weight excluding hydrogens is 300 g/mol. The zero-order valence-electron chi connectivity index (χ0n) is 13.9. The zero-order chi connectivity index (χ0) is 16.2. The molecule has 5 heteroatoms. The van der Waals surface area contributed by atoms with Crippen LogP contribution in [0.4, 0.5) is 5.82 Å².